The van der Waals surface area contributed by atoms with Crippen molar-refractivity contribution in [3.63, 3.8) is 0 Å². The second kappa shape index (κ2) is 7.66. The van der Waals surface area contributed by atoms with Gasteiger partial charge in [-0.25, -0.2) is 0 Å². The molecule has 0 heterocycles. The Balaban J connectivity index is 2.07. The number of nitrogens with two attached hydrogens (primary N) is 1. The van der Waals surface area contributed by atoms with Crippen molar-refractivity contribution in [2.75, 3.05) is 6.54 Å². The average Bonchev–Trinajstić information content (AvgIpc) is 2.30. The topological polar surface area (TPSA) is 55.1 Å². The molecule has 1 amide bonds. The quantitative estimate of drug-likeness (QED) is 0.729. The first-order valence-corrected chi connectivity index (χ1v) is 6.77. The van der Waals surface area contributed by atoms with Crippen molar-refractivity contribution < 1.29 is 4.79 Å². The third-order valence-corrected chi connectivity index (χ3v) is 3.51. The number of carbonyl (C=O) groups excluding carboxylic acids is 1. The lowest BCUT2D eigenvalue weighted by molar-refractivity contribution is -0.122. The van der Waals surface area contributed by atoms with Crippen LogP contribution in [0.5, 0.6) is 0 Å². The van der Waals surface area contributed by atoms with Crippen LogP contribution in [0.1, 0.15) is 58.3 Å². The highest BCUT2D eigenvalue weighted by atomic mass is 16.2. The molecule has 0 aromatic rings. The molecule has 1 aliphatic rings. The first kappa shape index (κ1) is 13.5. The van der Waals surface area contributed by atoms with Gasteiger partial charge in [0.1, 0.15) is 0 Å². The van der Waals surface area contributed by atoms with E-state index in [0.29, 0.717) is 0 Å². The number of rotatable bonds is 6. The van der Waals surface area contributed by atoms with E-state index in [-0.39, 0.29) is 11.9 Å². The summed E-state index contributed by atoms with van der Waals surface area (Å²) < 4.78 is 0. The highest BCUT2D eigenvalue weighted by molar-refractivity contribution is 5.81. The average molecular weight is 226 g/mol. The van der Waals surface area contributed by atoms with Crippen molar-refractivity contribution in [2.45, 2.75) is 64.3 Å². The smallest absolute Gasteiger partial charge is 0.236 e. The first-order valence-electron chi connectivity index (χ1n) is 6.77. The van der Waals surface area contributed by atoms with Crippen LogP contribution in [0.25, 0.3) is 0 Å². The van der Waals surface area contributed by atoms with Crippen molar-refractivity contribution in [3.05, 3.63) is 0 Å². The lowest BCUT2D eigenvalue weighted by Gasteiger charge is -2.21. The Morgan fingerprint density at radius 2 is 2.06 bits per heavy atom. The molecule has 0 radical (unpaired) electrons. The monoisotopic (exact) mass is 226 g/mol. The molecule has 1 unspecified atom stereocenters. The van der Waals surface area contributed by atoms with Crippen LogP contribution in [-0.4, -0.2) is 18.5 Å². The highest BCUT2D eigenvalue weighted by Gasteiger charge is 2.15. The van der Waals surface area contributed by atoms with Crippen LogP contribution in [0.2, 0.25) is 0 Å². The van der Waals surface area contributed by atoms with Crippen molar-refractivity contribution in [1.29, 1.82) is 0 Å². The molecule has 94 valence electrons. The first-order chi connectivity index (χ1) is 7.74. The summed E-state index contributed by atoms with van der Waals surface area (Å²) in [4.78, 5) is 11.5. The number of hydrogen-bond acceptors (Lipinski definition) is 2. The molecule has 1 saturated carbocycles. The number of nitrogens with one attached hydrogen (secondary N) is 1. The maximum absolute atomic E-state index is 11.5. The SMILES string of the molecule is CCCC(N)C(=O)NCCC1CCCCC1. The van der Waals surface area contributed by atoms with E-state index in [0.717, 1.165) is 31.7 Å². The molecule has 1 fully saturated rings. The Labute approximate surface area is 99.2 Å². The molecule has 3 nitrogen and oxygen atoms in total. The molecule has 16 heavy (non-hydrogen) atoms. The van der Waals surface area contributed by atoms with Gasteiger partial charge in [0.25, 0.3) is 0 Å². The van der Waals surface area contributed by atoms with E-state index in [1.54, 1.807) is 0 Å². The van der Waals surface area contributed by atoms with Crippen LogP contribution in [0.4, 0.5) is 0 Å². The maximum Gasteiger partial charge on any atom is 0.236 e. The van der Waals surface area contributed by atoms with E-state index in [2.05, 4.69) is 12.2 Å². The molecule has 0 bridgehead atoms. The van der Waals surface area contributed by atoms with Gasteiger partial charge >= 0.3 is 0 Å². The van der Waals surface area contributed by atoms with Crippen molar-refractivity contribution in [3.8, 4) is 0 Å². The minimum Gasteiger partial charge on any atom is -0.355 e. The summed E-state index contributed by atoms with van der Waals surface area (Å²) in [5.41, 5.74) is 5.73. The van der Waals surface area contributed by atoms with Crippen LogP contribution in [0.3, 0.4) is 0 Å². The van der Waals surface area contributed by atoms with Gasteiger partial charge in [-0.15, -0.1) is 0 Å². The van der Waals surface area contributed by atoms with Gasteiger partial charge in [0.2, 0.25) is 5.91 Å². The van der Waals surface area contributed by atoms with E-state index < -0.39 is 0 Å². The van der Waals surface area contributed by atoms with Gasteiger partial charge in [-0.05, 0) is 18.8 Å². The van der Waals surface area contributed by atoms with E-state index in [1.807, 2.05) is 0 Å². The molecule has 1 rings (SSSR count). The molecule has 1 atom stereocenters. The summed E-state index contributed by atoms with van der Waals surface area (Å²) in [5, 5.41) is 2.95. The summed E-state index contributed by atoms with van der Waals surface area (Å²) in [6.45, 7) is 2.86. The molecule has 3 heteroatoms. The highest BCUT2D eigenvalue weighted by Crippen LogP contribution is 2.25. The Kier molecular flexibility index (Phi) is 6.46. The fourth-order valence-electron chi connectivity index (χ4n) is 2.45. The van der Waals surface area contributed by atoms with Crippen LogP contribution in [-0.2, 0) is 4.79 Å². The molecular formula is C13H26N2O. The maximum atomic E-state index is 11.5. The molecule has 3 N–H and O–H groups in total. The van der Waals surface area contributed by atoms with Gasteiger partial charge in [0.15, 0.2) is 0 Å². The van der Waals surface area contributed by atoms with E-state index in [9.17, 15) is 4.79 Å². The second-order valence-corrected chi connectivity index (χ2v) is 4.98. The zero-order chi connectivity index (χ0) is 11.8. The fourth-order valence-corrected chi connectivity index (χ4v) is 2.45. The van der Waals surface area contributed by atoms with Gasteiger partial charge < -0.3 is 11.1 Å². The summed E-state index contributed by atoms with van der Waals surface area (Å²) in [7, 11) is 0. The van der Waals surface area contributed by atoms with Gasteiger partial charge in [-0.1, -0.05) is 45.4 Å². The molecule has 0 aromatic heterocycles. The molecule has 0 aliphatic heterocycles. The zero-order valence-corrected chi connectivity index (χ0v) is 10.5. The predicted molar refractivity (Wildman–Crippen MR) is 67.1 cm³/mol. The summed E-state index contributed by atoms with van der Waals surface area (Å²) in [6.07, 6.45) is 9.71. The molecule has 0 spiro atoms. The minimum atomic E-state index is -0.309. The predicted octanol–water partition coefficient (Wildman–Crippen LogP) is 2.20. The third kappa shape index (κ3) is 4.97. The summed E-state index contributed by atoms with van der Waals surface area (Å²) in [5.74, 6) is 0.856. The van der Waals surface area contributed by atoms with Gasteiger partial charge in [0, 0.05) is 6.54 Å². The van der Waals surface area contributed by atoms with Crippen LogP contribution >= 0.6 is 0 Å². The standard InChI is InChI=1S/C13H26N2O/c1-2-6-12(14)13(16)15-10-9-11-7-4-3-5-8-11/h11-12H,2-10,14H2,1H3,(H,15,16). The van der Waals surface area contributed by atoms with E-state index in [1.165, 1.54) is 32.1 Å². The summed E-state index contributed by atoms with van der Waals surface area (Å²) in [6, 6.07) is -0.309. The van der Waals surface area contributed by atoms with Crippen molar-refractivity contribution in [2.24, 2.45) is 11.7 Å². The molecule has 0 saturated heterocycles. The lowest BCUT2D eigenvalue weighted by atomic mass is 9.87. The van der Waals surface area contributed by atoms with Crippen LogP contribution in [0.15, 0.2) is 0 Å². The molecule has 0 aromatic carbocycles. The molecule has 1 aliphatic carbocycles. The Hall–Kier alpha value is -0.570. The van der Waals surface area contributed by atoms with Crippen LogP contribution in [0, 0.1) is 5.92 Å². The van der Waals surface area contributed by atoms with E-state index >= 15 is 0 Å². The Bertz CT molecular complexity index is 200. The van der Waals surface area contributed by atoms with Crippen LogP contribution < -0.4 is 11.1 Å². The van der Waals surface area contributed by atoms with Gasteiger partial charge in [-0.2, -0.15) is 0 Å². The summed E-state index contributed by atoms with van der Waals surface area (Å²) >= 11 is 0. The third-order valence-electron chi connectivity index (χ3n) is 3.51. The normalized spacial score (nSPS) is 19.4. The number of hydrogen-bond donors (Lipinski definition) is 2. The zero-order valence-electron chi connectivity index (χ0n) is 10.5. The van der Waals surface area contributed by atoms with Gasteiger partial charge in [0.05, 0.1) is 6.04 Å². The fraction of sp³-hybridized carbons (Fsp3) is 0.923. The second-order valence-electron chi connectivity index (χ2n) is 4.98. The molecular weight excluding hydrogens is 200 g/mol. The number of amides is 1. The Morgan fingerprint density at radius 3 is 2.69 bits per heavy atom. The van der Waals surface area contributed by atoms with Crippen molar-refractivity contribution in [1.82, 2.24) is 5.32 Å². The van der Waals surface area contributed by atoms with E-state index in [4.69, 9.17) is 5.73 Å². The number of carbonyl (C=O) groups is 1. The van der Waals surface area contributed by atoms with Crippen molar-refractivity contribution >= 4 is 5.91 Å². The van der Waals surface area contributed by atoms with Gasteiger partial charge in [-0.3, -0.25) is 4.79 Å². The largest absolute Gasteiger partial charge is 0.355 e. The minimum absolute atomic E-state index is 0.0256. The lowest BCUT2D eigenvalue weighted by Crippen LogP contribution is -2.41. The Morgan fingerprint density at radius 1 is 1.38 bits per heavy atom.